The number of hydrogen-bond donors (Lipinski definition) is 0. The first-order valence-corrected chi connectivity index (χ1v) is 9.50. The van der Waals surface area contributed by atoms with Gasteiger partial charge < -0.3 is 13.7 Å². The van der Waals surface area contributed by atoms with Gasteiger partial charge in [0.25, 0.3) is 5.91 Å². The van der Waals surface area contributed by atoms with Gasteiger partial charge in [0.15, 0.2) is 5.43 Å². The predicted octanol–water partition coefficient (Wildman–Crippen LogP) is 4.75. The summed E-state index contributed by atoms with van der Waals surface area (Å²) in [5.74, 6) is 0.459. The summed E-state index contributed by atoms with van der Waals surface area (Å²) in [6.07, 6.45) is 1.57. The zero-order chi connectivity index (χ0) is 20.1. The van der Waals surface area contributed by atoms with Crippen LogP contribution >= 0.6 is 0 Å². The van der Waals surface area contributed by atoms with Gasteiger partial charge >= 0.3 is 0 Å². The van der Waals surface area contributed by atoms with Crippen molar-refractivity contribution >= 4 is 16.9 Å². The highest BCUT2D eigenvalue weighted by Gasteiger charge is 2.43. The van der Waals surface area contributed by atoms with Gasteiger partial charge in [-0.25, -0.2) is 0 Å². The van der Waals surface area contributed by atoms with Crippen LogP contribution in [0.15, 0.2) is 74.5 Å². The van der Waals surface area contributed by atoms with Crippen molar-refractivity contribution < 1.29 is 13.6 Å². The smallest absolute Gasteiger partial charge is 0.291 e. The predicted molar refractivity (Wildman–Crippen MR) is 109 cm³/mol. The lowest BCUT2D eigenvalue weighted by Crippen LogP contribution is -2.29. The highest BCUT2D eigenvalue weighted by atomic mass is 16.3. The number of furan rings is 1. The van der Waals surface area contributed by atoms with Crippen molar-refractivity contribution in [3.05, 3.63) is 105 Å². The van der Waals surface area contributed by atoms with E-state index in [-0.39, 0.29) is 23.6 Å². The molecule has 29 heavy (non-hydrogen) atoms. The molecule has 0 radical (unpaired) electrons. The summed E-state index contributed by atoms with van der Waals surface area (Å²) < 4.78 is 11.4. The van der Waals surface area contributed by atoms with Crippen LogP contribution in [-0.4, -0.2) is 10.8 Å². The average molecular weight is 385 g/mol. The van der Waals surface area contributed by atoms with E-state index in [1.165, 1.54) is 0 Å². The van der Waals surface area contributed by atoms with Crippen LogP contribution in [0.3, 0.4) is 0 Å². The molecular formula is C24H19NO4. The first kappa shape index (κ1) is 17.5. The van der Waals surface area contributed by atoms with Gasteiger partial charge in [0.2, 0.25) is 5.76 Å². The Hall–Kier alpha value is -3.60. The van der Waals surface area contributed by atoms with Gasteiger partial charge in [0.05, 0.1) is 29.8 Å². The van der Waals surface area contributed by atoms with Crippen molar-refractivity contribution in [3.8, 4) is 0 Å². The summed E-state index contributed by atoms with van der Waals surface area (Å²) in [7, 11) is 0. The number of fused-ring (bicyclic) bond motifs is 2. The minimum absolute atomic E-state index is 0.114. The minimum atomic E-state index is -0.524. The number of benzene rings is 2. The minimum Gasteiger partial charge on any atom is -0.467 e. The monoisotopic (exact) mass is 385 g/mol. The molecule has 0 bridgehead atoms. The molecule has 5 rings (SSSR count). The maximum absolute atomic E-state index is 13.5. The van der Waals surface area contributed by atoms with Gasteiger partial charge in [0.1, 0.15) is 11.3 Å². The molecule has 4 aromatic rings. The van der Waals surface area contributed by atoms with E-state index in [9.17, 15) is 9.59 Å². The molecule has 3 heterocycles. The van der Waals surface area contributed by atoms with Gasteiger partial charge in [-0.15, -0.1) is 0 Å². The summed E-state index contributed by atoms with van der Waals surface area (Å²) in [5, 5.41) is 0.494. The highest BCUT2D eigenvalue weighted by molar-refractivity contribution is 5.99. The fourth-order valence-corrected chi connectivity index (χ4v) is 3.96. The van der Waals surface area contributed by atoms with Gasteiger partial charge in [0, 0.05) is 0 Å². The van der Waals surface area contributed by atoms with Gasteiger partial charge in [-0.3, -0.25) is 9.59 Å². The zero-order valence-electron chi connectivity index (χ0n) is 16.1. The van der Waals surface area contributed by atoms with Crippen LogP contribution in [0, 0.1) is 13.8 Å². The lowest BCUT2D eigenvalue weighted by atomic mass is 9.97. The van der Waals surface area contributed by atoms with E-state index >= 15 is 0 Å². The van der Waals surface area contributed by atoms with E-state index in [0.29, 0.717) is 22.3 Å². The third kappa shape index (κ3) is 2.78. The number of aryl methyl sites for hydroxylation is 2. The summed E-state index contributed by atoms with van der Waals surface area (Å²) in [5.41, 5.74) is 3.60. The average Bonchev–Trinajstić information content (AvgIpc) is 3.32. The van der Waals surface area contributed by atoms with Crippen molar-refractivity contribution in [1.29, 1.82) is 0 Å². The Morgan fingerprint density at radius 2 is 1.72 bits per heavy atom. The van der Waals surface area contributed by atoms with Crippen molar-refractivity contribution in [3.63, 3.8) is 0 Å². The van der Waals surface area contributed by atoms with Gasteiger partial charge in [-0.1, -0.05) is 41.5 Å². The van der Waals surface area contributed by atoms with E-state index in [0.717, 1.165) is 16.7 Å². The molecule has 1 aliphatic heterocycles. The molecular weight excluding hydrogens is 366 g/mol. The van der Waals surface area contributed by atoms with E-state index < -0.39 is 6.04 Å². The second-order valence-corrected chi connectivity index (χ2v) is 7.50. The first-order chi connectivity index (χ1) is 14.0. The standard InChI is InChI=1S/C24H19NO4/c1-14-5-8-16(9-6-14)21-20-22(26)18-12-15(2)7-10-19(18)29-23(20)24(27)25(21)13-17-4-3-11-28-17/h3-12,21H,13H2,1-2H3/t21-/m0/s1. The van der Waals surface area contributed by atoms with Crippen LogP contribution in [0.5, 0.6) is 0 Å². The molecule has 1 aliphatic rings. The van der Waals surface area contributed by atoms with Crippen LogP contribution < -0.4 is 5.43 Å². The molecule has 0 fully saturated rings. The molecule has 0 N–H and O–H groups in total. The molecule has 0 aliphatic carbocycles. The van der Waals surface area contributed by atoms with Gasteiger partial charge in [-0.05, 0) is 43.7 Å². The Labute approximate surface area is 167 Å². The second kappa shape index (κ2) is 6.48. The summed E-state index contributed by atoms with van der Waals surface area (Å²) in [6.45, 7) is 4.18. The maximum atomic E-state index is 13.5. The second-order valence-electron chi connectivity index (χ2n) is 7.50. The Morgan fingerprint density at radius 3 is 2.45 bits per heavy atom. The van der Waals surface area contributed by atoms with Crippen LogP contribution in [0.2, 0.25) is 0 Å². The number of hydrogen-bond acceptors (Lipinski definition) is 4. The molecule has 0 saturated heterocycles. The largest absolute Gasteiger partial charge is 0.467 e. The Bertz CT molecular complexity index is 1280. The summed E-state index contributed by atoms with van der Waals surface area (Å²) in [6, 6.07) is 16.4. The third-order valence-corrected chi connectivity index (χ3v) is 5.42. The molecule has 144 valence electrons. The van der Waals surface area contributed by atoms with Crippen LogP contribution in [0.4, 0.5) is 0 Å². The number of nitrogens with zero attached hydrogens (tertiary/aromatic N) is 1. The quantitative estimate of drug-likeness (QED) is 0.511. The molecule has 1 amide bonds. The van der Waals surface area contributed by atoms with E-state index in [2.05, 4.69) is 0 Å². The van der Waals surface area contributed by atoms with E-state index in [1.807, 2.05) is 56.3 Å². The van der Waals surface area contributed by atoms with E-state index in [4.69, 9.17) is 8.83 Å². The SMILES string of the molecule is Cc1ccc([C@H]2c3c(oc4ccc(C)cc4c3=O)C(=O)N2Cc2ccco2)cc1. The lowest BCUT2D eigenvalue weighted by Gasteiger charge is -2.24. The van der Waals surface area contributed by atoms with Crippen LogP contribution in [-0.2, 0) is 6.54 Å². The molecule has 5 heteroatoms. The van der Waals surface area contributed by atoms with Crippen molar-refractivity contribution in [2.75, 3.05) is 0 Å². The van der Waals surface area contributed by atoms with Crippen LogP contribution in [0.1, 0.15) is 44.6 Å². The molecule has 1 atom stereocenters. The lowest BCUT2D eigenvalue weighted by molar-refractivity contribution is 0.0701. The van der Waals surface area contributed by atoms with Crippen molar-refractivity contribution in [2.24, 2.45) is 0 Å². The third-order valence-electron chi connectivity index (χ3n) is 5.42. The summed E-state index contributed by atoms with van der Waals surface area (Å²) >= 11 is 0. The Balaban J connectivity index is 1.75. The van der Waals surface area contributed by atoms with Gasteiger partial charge in [-0.2, -0.15) is 0 Å². The number of rotatable bonds is 3. The summed E-state index contributed by atoms with van der Waals surface area (Å²) in [4.78, 5) is 28.4. The number of carbonyl (C=O) groups excluding carboxylic acids is 1. The fraction of sp³-hybridized carbons (Fsp3) is 0.167. The Morgan fingerprint density at radius 1 is 0.966 bits per heavy atom. The molecule has 5 nitrogen and oxygen atoms in total. The zero-order valence-corrected chi connectivity index (χ0v) is 16.1. The molecule has 0 spiro atoms. The maximum Gasteiger partial charge on any atom is 0.291 e. The molecule has 0 saturated carbocycles. The number of amides is 1. The first-order valence-electron chi connectivity index (χ1n) is 9.50. The van der Waals surface area contributed by atoms with Crippen molar-refractivity contribution in [1.82, 2.24) is 4.90 Å². The Kier molecular flexibility index (Phi) is 3.91. The van der Waals surface area contributed by atoms with Crippen LogP contribution in [0.25, 0.3) is 11.0 Å². The van der Waals surface area contributed by atoms with Crippen molar-refractivity contribution in [2.45, 2.75) is 26.4 Å². The topological polar surface area (TPSA) is 63.7 Å². The number of carbonyl (C=O) groups is 1. The fourth-order valence-electron chi connectivity index (χ4n) is 3.96. The molecule has 2 aromatic carbocycles. The normalized spacial score (nSPS) is 15.9. The molecule has 2 aromatic heterocycles. The van der Waals surface area contributed by atoms with E-state index in [1.54, 1.807) is 23.3 Å². The highest BCUT2D eigenvalue weighted by Crippen LogP contribution is 2.39. The molecule has 0 unspecified atom stereocenters.